The molecule has 0 radical (unpaired) electrons. The number of allylic oxidation sites excluding steroid dienone is 1. The minimum absolute atomic E-state index is 0.0243. The Morgan fingerprint density at radius 1 is 1.14 bits per heavy atom. The third-order valence-electron chi connectivity index (χ3n) is 6.27. The lowest BCUT2D eigenvalue weighted by Crippen LogP contribution is -2.34. The number of rotatable bonds is 19. The quantitative estimate of drug-likeness (QED) is 0.132. The van der Waals surface area contributed by atoms with Crippen molar-refractivity contribution < 1.29 is 28.7 Å². The first-order chi connectivity index (χ1) is 17.7. The van der Waals surface area contributed by atoms with Gasteiger partial charge in [-0.05, 0) is 24.8 Å². The second kappa shape index (κ2) is 18.7. The van der Waals surface area contributed by atoms with Crippen molar-refractivity contribution in [3.63, 3.8) is 0 Å². The number of likely N-dealkylation sites (N-methyl/N-ethyl adjacent to an activating group) is 1. The van der Waals surface area contributed by atoms with Crippen LogP contribution < -0.4 is 0 Å². The lowest BCUT2D eigenvalue weighted by atomic mass is 10.1. The largest absolute Gasteiger partial charge is 0.499 e. The zero-order valence-electron chi connectivity index (χ0n) is 22.8. The number of imide groups is 1. The Kier molecular flexibility index (Phi) is 16.5. The Balaban J connectivity index is 2.35. The number of Topliss-reactive ketones (excluding diaryl/α,β-unsaturated/α-hetero) is 1. The number of amides is 3. The first kappa shape index (κ1) is 32.6. The average molecular weight is 539 g/mol. The first-order valence-corrected chi connectivity index (χ1v) is 13.5. The second-order valence-corrected chi connectivity index (χ2v) is 9.57. The van der Waals surface area contributed by atoms with Crippen LogP contribution in [-0.2, 0) is 28.7 Å². The third-order valence-corrected chi connectivity index (χ3v) is 6.58. The summed E-state index contributed by atoms with van der Waals surface area (Å²) in [5.74, 6) is -1.15. The number of ether oxygens (including phenoxy) is 2. The summed E-state index contributed by atoms with van der Waals surface area (Å²) in [7, 11) is 4.81. The van der Waals surface area contributed by atoms with E-state index in [-0.39, 0.29) is 37.3 Å². The SMILES string of the molecule is CCCCCCCC(CC=CCCC(=O)N(C)CC(=CCl)CC(=O)CC(=O)N1CC(OC)=CC1=O)OC. The Labute approximate surface area is 226 Å². The second-order valence-electron chi connectivity index (χ2n) is 9.35. The van der Waals surface area contributed by atoms with Gasteiger partial charge in [-0.2, -0.15) is 0 Å². The molecule has 208 valence electrons. The molecule has 1 atom stereocenters. The van der Waals surface area contributed by atoms with Crippen LogP contribution in [0.25, 0.3) is 0 Å². The number of nitrogens with zero attached hydrogens (tertiary/aromatic N) is 2. The topological polar surface area (TPSA) is 93.2 Å². The van der Waals surface area contributed by atoms with Gasteiger partial charge in [-0.15, -0.1) is 0 Å². The summed E-state index contributed by atoms with van der Waals surface area (Å²) in [6.45, 7) is 2.42. The van der Waals surface area contributed by atoms with Gasteiger partial charge in [0.15, 0.2) is 0 Å². The van der Waals surface area contributed by atoms with Gasteiger partial charge >= 0.3 is 0 Å². The fourth-order valence-corrected chi connectivity index (χ4v) is 4.15. The molecule has 37 heavy (non-hydrogen) atoms. The summed E-state index contributed by atoms with van der Waals surface area (Å²) >= 11 is 5.89. The highest BCUT2D eigenvalue weighted by Crippen LogP contribution is 2.15. The lowest BCUT2D eigenvalue weighted by molar-refractivity contribution is -0.142. The highest BCUT2D eigenvalue weighted by atomic mass is 35.5. The van der Waals surface area contributed by atoms with Gasteiger partial charge in [-0.25, -0.2) is 0 Å². The molecule has 0 N–H and O–H groups in total. The molecule has 0 saturated carbocycles. The predicted molar refractivity (Wildman–Crippen MR) is 145 cm³/mol. The van der Waals surface area contributed by atoms with Crippen molar-refractivity contribution in [1.82, 2.24) is 9.80 Å². The Hall–Kier alpha value is -2.45. The van der Waals surface area contributed by atoms with E-state index in [1.165, 1.54) is 55.7 Å². The van der Waals surface area contributed by atoms with Crippen molar-refractivity contribution in [3.05, 3.63) is 35.1 Å². The van der Waals surface area contributed by atoms with Crippen molar-refractivity contribution in [2.75, 3.05) is 34.4 Å². The van der Waals surface area contributed by atoms with E-state index >= 15 is 0 Å². The maximum atomic E-state index is 12.5. The molecule has 1 unspecified atom stereocenters. The van der Waals surface area contributed by atoms with Crippen LogP contribution in [0.4, 0.5) is 0 Å². The molecule has 0 fully saturated rings. The standard InChI is InChI=1S/C28H43ClN2O6/c1-5-6-7-8-10-13-24(36-3)14-11-9-12-15-26(33)30(2)20-22(19-29)16-23(32)17-27(34)31-21-25(37-4)18-28(31)35/h9,11,18-19,24H,5-8,10,12-17,20-21H2,1-4H3. The van der Waals surface area contributed by atoms with E-state index in [9.17, 15) is 19.2 Å². The van der Waals surface area contributed by atoms with E-state index in [4.69, 9.17) is 21.1 Å². The molecular weight excluding hydrogens is 496 g/mol. The number of carbonyl (C=O) groups excluding carboxylic acids is 4. The molecular formula is C28H43ClN2O6. The summed E-state index contributed by atoms with van der Waals surface area (Å²) in [6, 6.07) is 0. The molecule has 1 rings (SSSR count). The summed E-state index contributed by atoms with van der Waals surface area (Å²) in [5.41, 5.74) is 1.79. The third kappa shape index (κ3) is 13.1. The van der Waals surface area contributed by atoms with Crippen LogP contribution >= 0.6 is 11.6 Å². The Morgan fingerprint density at radius 3 is 2.49 bits per heavy atom. The van der Waals surface area contributed by atoms with Crippen LogP contribution in [0.3, 0.4) is 0 Å². The molecule has 3 amide bonds. The molecule has 0 saturated heterocycles. The zero-order chi connectivity index (χ0) is 27.6. The van der Waals surface area contributed by atoms with Gasteiger partial charge < -0.3 is 14.4 Å². The van der Waals surface area contributed by atoms with Gasteiger partial charge in [0.25, 0.3) is 5.91 Å². The summed E-state index contributed by atoms with van der Waals surface area (Å²) in [6.07, 6.45) is 14.1. The van der Waals surface area contributed by atoms with Crippen LogP contribution in [0.1, 0.15) is 77.6 Å². The number of hydrogen-bond acceptors (Lipinski definition) is 6. The van der Waals surface area contributed by atoms with Gasteiger partial charge in [0.05, 0.1) is 26.2 Å². The average Bonchev–Trinajstić information content (AvgIpc) is 3.27. The van der Waals surface area contributed by atoms with Crippen molar-refractivity contribution >= 4 is 35.1 Å². The summed E-state index contributed by atoms with van der Waals surface area (Å²) < 4.78 is 10.5. The number of hydrogen-bond donors (Lipinski definition) is 0. The minimum Gasteiger partial charge on any atom is -0.499 e. The molecule has 0 aromatic heterocycles. The van der Waals surface area contributed by atoms with Crippen LogP contribution in [0.2, 0.25) is 0 Å². The molecule has 0 aromatic carbocycles. The molecule has 0 spiro atoms. The zero-order valence-corrected chi connectivity index (χ0v) is 23.6. The van der Waals surface area contributed by atoms with E-state index in [1.807, 2.05) is 6.08 Å². The van der Waals surface area contributed by atoms with E-state index in [2.05, 4.69) is 13.0 Å². The van der Waals surface area contributed by atoms with Crippen LogP contribution in [0.5, 0.6) is 0 Å². The number of ketones is 1. The first-order valence-electron chi connectivity index (χ1n) is 13.1. The number of halogens is 1. The van der Waals surface area contributed by atoms with Crippen LogP contribution in [0, 0.1) is 0 Å². The smallest absolute Gasteiger partial charge is 0.257 e. The molecule has 9 heteroatoms. The van der Waals surface area contributed by atoms with E-state index in [1.54, 1.807) is 14.2 Å². The van der Waals surface area contributed by atoms with Gasteiger partial charge in [0, 0.05) is 45.2 Å². The van der Waals surface area contributed by atoms with E-state index in [0.29, 0.717) is 24.2 Å². The summed E-state index contributed by atoms with van der Waals surface area (Å²) in [5, 5.41) is 0. The molecule has 0 bridgehead atoms. The minimum atomic E-state index is -0.587. The lowest BCUT2D eigenvalue weighted by Gasteiger charge is -2.19. The Bertz CT molecular complexity index is 852. The maximum Gasteiger partial charge on any atom is 0.257 e. The normalized spacial score (nSPS) is 14.7. The number of carbonyl (C=O) groups is 4. The van der Waals surface area contributed by atoms with Crippen molar-refractivity contribution in [2.45, 2.75) is 83.7 Å². The van der Waals surface area contributed by atoms with Crippen molar-refractivity contribution in [3.8, 4) is 0 Å². The van der Waals surface area contributed by atoms with E-state index in [0.717, 1.165) is 17.7 Å². The highest BCUT2D eigenvalue weighted by molar-refractivity contribution is 6.26. The van der Waals surface area contributed by atoms with E-state index < -0.39 is 18.2 Å². The molecule has 1 heterocycles. The predicted octanol–water partition coefficient (Wildman–Crippen LogP) is 4.92. The van der Waals surface area contributed by atoms with Crippen molar-refractivity contribution in [1.29, 1.82) is 0 Å². The van der Waals surface area contributed by atoms with Crippen LogP contribution in [-0.4, -0.2) is 73.8 Å². The highest BCUT2D eigenvalue weighted by Gasteiger charge is 2.29. The fraction of sp³-hybridized carbons (Fsp3) is 0.643. The van der Waals surface area contributed by atoms with Gasteiger partial charge in [0.2, 0.25) is 11.8 Å². The molecule has 0 aliphatic carbocycles. The monoisotopic (exact) mass is 538 g/mol. The van der Waals surface area contributed by atoms with Gasteiger partial charge in [-0.3, -0.25) is 24.1 Å². The van der Waals surface area contributed by atoms with Gasteiger partial charge in [-0.1, -0.05) is 62.8 Å². The van der Waals surface area contributed by atoms with Crippen LogP contribution in [0.15, 0.2) is 35.1 Å². The Morgan fingerprint density at radius 2 is 1.86 bits per heavy atom. The maximum absolute atomic E-state index is 12.5. The molecule has 8 nitrogen and oxygen atoms in total. The van der Waals surface area contributed by atoms with Crippen molar-refractivity contribution in [2.24, 2.45) is 0 Å². The number of unbranched alkanes of at least 4 members (excludes halogenated alkanes) is 4. The molecule has 1 aliphatic rings. The molecule has 1 aliphatic heterocycles. The van der Waals surface area contributed by atoms with Gasteiger partial charge in [0.1, 0.15) is 11.5 Å². The summed E-state index contributed by atoms with van der Waals surface area (Å²) in [4.78, 5) is 51.6. The molecule has 0 aromatic rings. The number of methoxy groups -OCH3 is 2. The fourth-order valence-electron chi connectivity index (χ4n) is 4.00.